The van der Waals surface area contributed by atoms with E-state index in [2.05, 4.69) is 16.0 Å². The Balaban J connectivity index is 1.62. The average Bonchev–Trinajstić information content (AvgIpc) is 3.20. The molecule has 3 aromatic rings. The maximum absolute atomic E-state index is 12.6. The molecule has 0 aliphatic rings. The van der Waals surface area contributed by atoms with Gasteiger partial charge in [-0.05, 0) is 56.7 Å². The first-order chi connectivity index (χ1) is 16.9. The highest BCUT2D eigenvalue weighted by molar-refractivity contribution is 5.99. The van der Waals surface area contributed by atoms with E-state index in [-0.39, 0.29) is 12.2 Å². The van der Waals surface area contributed by atoms with Crippen LogP contribution in [0.3, 0.4) is 0 Å². The Hall–Kier alpha value is -4.21. The zero-order valence-electron chi connectivity index (χ0n) is 20.4. The number of aromatic nitrogens is 1. The maximum Gasteiger partial charge on any atom is 0.269 e. The smallest absolute Gasteiger partial charge is 0.269 e. The van der Waals surface area contributed by atoms with Crippen molar-refractivity contribution in [1.82, 2.24) is 16.0 Å². The van der Waals surface area contributed by atoms with Crippen molar-refractivity contribution < 1.29 is 33.1 Å². The van der Waals surface area contributed by atoms with Crippen molar-refractivity contribution in [2.24, 2.45) is 0 Å². The predicted octanol–water partition coefficient (Wildman–Crippen LogP) is 3.75. The molecule has 0 bridgehead atoms. The Morgan fingerprint density at radius 1 is 0.857 bits per heavy atom. The van der Waals surface area contributed by atoms with Gasteiger partial charge in [-0.1, -0.05) is 12.1 Å². The Labute approximate surface area is 203 Å². The minimum Gasteiger partial charge on any atom is -0.493 e. The largest absolute Gasteiger partial charge is 0.493 e. The van der Waals surface area contributed by atoms with Crippen LogP contribution in [0.25, 0.3) is 0 Å². The first kappa shape index (κ1) is 25.4. The monoisotopic (exact) mass is 483 g/mol. The Morgan fingerprint density at radius 3 is 1.86 bits per heavy atom. The molecule has 10 nitrogen and oxygen atoms in total. The Morgan fingerprint density at radius 2 is 1.40 bits per heavy atom. The molecule has 0 radical (unpaired) electrons. The van der Waals surface area contributed by atoms with Crippen LogP contribution in [0.5, 0.6) is 23.0 Å². The van der Waals surface area contributed by atoms with Crippen LogP contribution in [-0.4, -0.2) is 37.8 Å². The van der Waals surface area contributed by atoms with Crippen molar-refractivity contribution in [2.75, 3.05) is 20.8 Å². The molecule has 3 rings (SSSR count). The van der Waals surface area contributed by atoms with Gasteiger partial charge in [0.15, 0.2) is 23.0 Å². The number of hydrogen-bond donors (Lipinski definition) is 2. The summed E-state index contributed by atoms with van der Waals surface area (Å²) in [4.78, 5) is 25.1. The molecule has 0 atom stereocenters. The van der Waals surface area contributed by atoms with Crippen LogP contribution in [0.1, 0.15) is 51.1 Å². The highest BCUT2D eigenvalue weighted by Gasteiger charge is 2.16. The summed E-state index contributed by atoms with van der Waals surface area (Å²) in [6, 6.07) is 9.48. The van der Waals surface area contributed by atoms with Gasteiger partial charge in [0.2, 0.25) is 0 Å². The molecule has 0 aliphatic heterocycles. The quantitative estimate of drug-likeness (QED) is 0.418. The van der Waals surface area contributed by atoms with E-state index in [0.29, 0.717) is 40.9 Å². The van der Waals surface area contributed by atoms with Crippen molar-refractivity contribution in [3.05, 3.63) is 64.5 Å². The van der Waals surface area contributed by atoms with Gasteiger partial charge in [0.05, 0.1) is 32.1 Å². The molecule has 2 amide bonds. The number of carbonyl (C=O) groups is 2. The number of benzene rings is 2. The third kappa shape index (κ3) is 6.23. The highest BCUT2D eigenvalue weighted by atomic mass is 16.5. The maximum atomic E-state index is 12.6. The van der Waals surface area contributed by atoms with Crippen molar-refractivity contribution in [3.63, 3.8) is 0 Å². The molecule has 0 spiro atoms. The third-order valence-corrected chi connectivity index (χ3v) is 5.16. The van der Waals surface area contributed by atoms with E-state index in [0.717, 1.165) is 17.7 Å². The molecule has 0 saturated heterocycles. The number of ether oxygens (including phenoxy) is 4. The Bertz CT molecular complexity index is 1170. The second-order valence-electron chi connectivity index (χ2n) is 7.58. The molecule has 186 valence electrons. The normalized spacial score (nSPS) is 10.4. The second kappa shape index (κ2) is 11.8. The molecule has 35 heavy (non-hydrogen) atoms. The summed E-state index contributed by atoms with van der Waals surface area (Å²) in [5.74, 6) is 1.42. The predicted molar refractivity (Wildman–Crippen MR) is 127 cm³/mol. The first-order valence-electron chi connectivity index (χ1n) is 11.0. The molecule has 0 saturated carbocycles. The van der Waals surface area contributed by atoms with Gasteiger partial charge in [-0.3, -0.25) is 20.4 Å². The van der Waals surface area contributed by atoms with Crippen molar-refractivity contribution in [2.45, 2.75) is 33.8 Å². The van der Waals surface area contributed by atoms with Crippen LogP contribution in [0.2, 0.25) is 0 Å². The number of amides is 2. The summed E-state index contributed by atoms with van der Waals surface area (Å²) in [7, 11) is 2.97. The van der Waals surface area contributed by atoms with Crippen LogP contribution in [-0.2, 0) is 6.61 Å². The fraction of sp³-hybridized carbons (Fsp3) is 0.320. The van der Waals surface area contributed by atoms with E-state index in [4.69, 9.17) is 23.5 Å². The minimum atomic E-state index is -0.524. The molecule has 1 heterocycles. The number of hydrazine groups is 1. The van der Waals surface area contributed by atoms with Crippen LogP contribution in [0.15, 0.2) is 40.9 Å². The lowest BCUT2D eigenvalue weighted by Gasteiger charge is -2.13. The lowest BCUT2D eigenvalue weighted by atomic mass is 10.2. The zero-order valence-corrected chi connectivity index (χ0v) is 20.4. The number of nitrogens with one attached hydrogen (secondary N) is 2. The first-order valence-corrected chi connectivity index (χ1v) is 11.0. The minimum absolute atomic E-state index is 0.241. The van der Waals surface area contributed by atoms with Gasteiger partial charge >= 0.3 is 0 Å². The number of rotatable bonds is 10. The lowest BCUT2D eigenvalue weighted by molar-refractivity contribution is 0.0846. The van der Waals surface area contributed by atoms with Gasteiger partial charge < -0.3 is 23.5 Å². The second-order valence-corrected chi connectivity index (χ2v) is 7.58. The summed E-state index contributed by atoms with van der Waals surface area (Å²) in [5, 5.41) is 3.90. The van der Waals surface area contributed by atoms with Gasteiger partial charge in [-0.15, -0.1) is 0 Å². The van der Waals surface area contributed by atoms with Gasteiger partial charge in [0, 0.05) is 11.1 Å². The highest BCUT2D eigenvalue weighted by Crippen LogP contribution is 2.30. The topological polar surface area (TPSA) is 121 Å². The van der Waals surface area contributed by atoms with E-state index in [1.165, 1.54) is 20.3 Å². The molecule has 0 aliphatic carbocycles. The Kier molecular flexibility index (Phi) is 8.55. The summed E-state index contributed by atoms with van der Waals surface area (Å²) < 4.78 is 27.2. The number of carbonyl (C=O) groups excluding carboxylic acids is 2. The van der Waals surface area contributed by atoms with Crippen molar-refractivity contribution in [1.29, 1.82) is 0 Å². The summed E-state index contributed by atoms with van der Waals surface area (Å²) in [6.07, 6.45) is 0.844. The molecular formula is C25H29N3O7. The summed E-state index contributed by atoms with van der Waals surface area (Å²) in [5.41, 5.74) is 6.95. The van der Waals surface area contributed by atoms with Gasteiger partial charge in [-0.2, -0.15) is 0 Å². The summed E-state index contributed by atoms with van der Waals surface area (Å²) in [6.45, 7) is 6.41. The molecule has 2 aromatic carbocycles. The van der Waals surface area contributed by atoms with Gasteiger partial charge in [-0.25, -0.2) is 0 Å². The molecule has 2 N–H and O–H groups in total. The molecule has 0 unspecified atom stereocenters. The summed E-state index contributed by atoms with van der Waals surface area (Å²) >= 11 is 0. The van der Waals surface area contributed by atoms with E-state index in [1.807, 2.05) is 20.8 Å². The molecular weight excluding hydrogens is 454 g/mol. The number of methoxy groups -OCH3 is 2. The van der Waals surface area contributed by atoms with Gasteiger partial charge in [0.25, 0.3) is 11.8 Å². The number of hydrogen-bond acceptors (Lipinski definition) is 8. The molecule has 0 fully saturated rings. The average molecular weight is 484 g/mol. The lowest BCUT2D eigenvalue weighted by Crippen LogP contribution is -2.41. The third-order valence-electron chi connectivity index (χ3n) is 5.16. The molecule has 1 aromatic heterocycles. The van der Waals surface area contributed by atoms with Crippen LogP contribution >= 0.6 is 0 Å². The van der Waals surface area contributed by atoms with Crippen LogP contribution in [0.4, 0.5) is 0 Å². The van der Waals surface area contributed by atoms with E-state index < -0.39 is 11.8 Å². The fourth-order valence-electron chi connectivity index (χ4n) is 3.18. The number of nitrogens with zero attached hydrogens (tertiary/aromatic N) is 1. The fourth-order valence-corrected chi connectivity index (χ4v) is 3.18. The number of aryl methyl sites for hydroxylation is 2. The van der Waals surface area contributed by atoms with E-state index >= 15 is 0 Å². The van der Waals surface area contributed by atoms with Crippen LogP contribution in [0, 0.1) is 13.8 Å². The van der Waals surface area contributed by atoms with E-state index in [9.17, 15) is 9.59 Å². The van der Waals surface area contributed by atoms with E-state index in [1.54, 1.807) is 30.3 Å². The van der Waals surface area contributed by atoms with Crippen molar-refractivity contribution in [3.8, 4) is 23.0 Å². The zero-order chi connectivity index (χ0) is 25.4. The standard InChI is InChI=1S/C25H29N3O7/c1-6-11-33-20-9-7-17(12-22(20)31-4)24(29)26-27-25(30)18-8-10-21(23(13-18)32-5)34-14-19-15(2)28-35-16(19)3/h7-10,12-13H,6,11,14H2,1-5H3,(H,26,29)(H,27,30). The van der Waals surface area contributed by atoms with Crippen LogP contribution < -0.4 is 29.8 Å². The van der Waals surface area contributed by atoms with Crippen molar-refractivity contribution >= 4 is 11.8 Å². The SMILES string of the molecule is CCCOc1ccc(C(=O)NNC(=O)c2ccc(OCc3c(C)noc3C)c(OC)c2)cc1OC. The van der Waals surface area contributed by atoms with Gasteiger partial charge in [0.1, 0.15) is 12.4 Å². The molecule has 10 heteroatoms.